The summed E-state index contributed by atoms with van der Waals surface area (Å²) in [6, 6.07) is 0. The molecule has 0 aromatic heterocycles. The van der Waals surface area contributed by atoms with E-state index < -0.39 is 11.9 Å². The van der Waals surface area contributed by atoms with Gasteiger partial charge in [0, 0.05) is 26.2 Å². The fourth-order valence-corrected chi connectivity index (χ4v) is 3.59. The lowest BCUT2D eigenvalue weighted by molar-refractivity contribution is -0.151. The maximum Gasteiger partial charge on any atom is 0.307 e. The maximum atomic E-state index is 12.5. The van der Waals surface area contributed by atoms with Gasteiger partial charge >= 0.3 is 5.97 Å². The van der Waals surface area contributed by atoms with Gasteiger partial charge in [0.05, 0.1) is 11.8 Å². The number of nitrogens with one attached hydrogen (secondary N) is 1. The number of carbonyl (C=O) groups excluding carboxylic acids is 1. The third kappa shape index (κ3) is 1.73. The van der Waals surface area contributed by atoms with Gasteiger partial charge in [-0.15, -0.1) is 0 Å². The smallest absolute Gasteiger partial charge is 0.307 e. The summed E-state index contributed by atoms with van der Waals surface area (Å²) in [5.41, 5.74) is 0. The summed E-state index contributed by atoms with van der Waals surface area (Å²) in [6.45, 7) is 3.01. The zero-order chi connectivity index (χ0) is 12.7. The summed E-state index contributed by atoms with van der Waals surface area (Å²) >= 11 is 0. The van der Waals surface area contributed by atoms with Crippen molar-refractivity contribution in [2.24, 2.45) is 23.7 Å². The largest absolute Gasteiger partial charge is 0.481 e. The molecular weight excluding hydrogens is 232 g/mol. The quantitative estimate of drug-likeness (QED) is 0.674. The molecule has 0 aromatic carbocycles. The van der Waals surface area contributed by atoms with Crippen molar-refractivity contribution < 1.29 is 14.7 Å². The molecule has 5 heteroatoms. The lowest BCUT2D eigenvalue weighted by Crippen LogP contribution is -2.50. The first-order valence-corrected chi connectivity index (χ1v) is 6.59. The summed E-state index contributed by atoms with van der Waals surface area (Å²) in [7, 11) is 0. The van der Waals surface area contributed by atoms with Crippen molar-refractivity contribution >= 4 is 11.9 Å². The van der Waals surface area contributed by atoms with E-state index in [2.05, 4.69) is 5.32 Å². The topological polar surface area (TPSA) is 69.6 Å². The van der Waals surface area contributed by atoms with E-state index in [0.717, 1.165) is 19.5 Å². The molecule has 4 unspecified atom stereocenters. The van der Waals surface area contributed by atoms with Crippen LogP contribution in [0, 0.1) is 23.7 Å². The maximum absolute atomic E-state index is 12.5. The molecule has 1 saturated carbocycles. The van der Waals surface area contributed by atoms with Crippen LogP contribution in [0.25, 0.3) is 0 Å². The van der Waals surface area contributed by atoms with Crippen LogP contribution in [-0.2, 0) is 9.59 Å². The average Bonchev–Trinajstić information content (AvgIpc) is 2.99. The molecule has 2 bridgehead atoms. The van der Waals surface area contributed by atoms with Crippen LogP contribution in [0.15, 0.2) is 12.2 Å². The second-order valence-corrected chi connectivity index (χ2v) is 5.41. The molecule has 1 heterocycles. The van der Waals surface area contributed by atoms with Crippen LogP contribution in [0.3, 0.4) is 0 Å². The Kier molecular flexibility index (Phi) is 2.86. The van der Waals surface area contributed by atoms with Gasteiger partial charge < -0.3 is 15.3 Å². The monoisotopic (exact) mass is 250 g/mol. The van der Waals surface area contributed by atoms with Gasteiger partial charge in [0.2, 0.25) is 5.91 Å². The zero-order valence-corrected chi connectivity index (χ0v) is 10.2. The molecule has 2 aliphatic carbocycles. The first-order valence-electron chi connectivity index (χ1n) is 6.59. The highest BCUT2D eigenvalue weighted by atomic mass is 16.4. The number of carbonyl (C=O) groups is 2. The van der Waals surface area contributed by atoms with Crippen LogP contribution in [0.5, 0.6) is 0 Å². The minimum Gasteiger partial charge on any atom is -0.481 e. The number of carboxylic acids is 1. The molecule has 0 aromatic rings. The first-order chi connectivity index (χ1) is 8.68. The minimum absolute atomic E-state index is 0.0424. The summed E-state index contributed by atoms with van der Waals surface area (Å²) in [4.78, 5) is 25.7. The van der Waals surface area contributed by atoms with Crippen LogP contribution in [0.4, 0.5) is 0 Å². The van der Waals surface area contributed by atoms with E-state index in [-0.39, 0.29) is 23.7 Å². The van der Waals surface area contributed by atoms with Crippen LogP contribution < -0.4 is 5.32 Å². The third-order valence-electron chi connectivity index (χ3n) is 4.46. The number of amides is 1. The predicted octanol–water partition coefficient (Wildman–Crippen LogP) is -0.0589. The molecule has 1 amide bonds. The van der Waals surface area contributed by atoms with Crippen molar-refractivity contribution in [2.45, 2.75) is 6.42 Å². The fraction of sp³-hybridized carbons (Fsp3) is 0.692. The fourth-order valence-electron chi connectivity index (χ4n) is 3.59. The summed E-state index contributed by atoms with van der Waals surface area (Å²) in [5.74, 6) is -1.43. The summed E-state index contributed by atoms with van der Waals surface area (Å²) in [5, 5.41) is 12.5. The predicted molar refractivity (Wildman–Crippen MR) is 64.8 cm³/mol. The van der Waals surface area contributed by atoms with Gasteiger partial charge in [-0.2, -0.15) is 0 Å². The second-order valence-electron chi connectivity index (χ2n) is 5.41. The zero-order valence-electron chi connectivity index (χ0n) is 10.2. The summed E-state index contributed by atoms with van der Waals surface area (Å²) in [6.07, 6.45) is 4.85. The van der Waals surface area contributed by atoms with E-state index in [4.69, 9.17) is 0 Å². The number of hydrogen-bond donors (Lipinski definition) is 2. The highest BCUT2D eigenvalue weighted by Gasteiger charge is 2.52. The number of nitrogens with zero attached hydrogens (tertiary/aromatic N) is 1. The van der Waals surface area contributed by atoms with Crippen molar-refractivity contribution in [3.8, 4) is 0 Å². The van der Waals surface area contributed by atoms with Crippen molar-refractivity contribution in [1.29, 1.82) is 0 Å². The molecule has 0 spiro atoms. The molecule has 1 saturated heterocycles. The average molecular weight is 250 g/mol. The van der Waals surface area contributed by atoms with Gasteiger partial charge in [0.15, 0.2) is 0 Å². The molecule has 18 heavy (non-hydrogen) atoms. The Balaban J connectivity index is 1.79. The Morgan fingerprint density at radius 1 is 1.11 bits per heavy atom. The highest BCUT2D eigenvalue weighted by molar-refractivity contribution is 5.87. The number of fused-ring (bicyclic) bond motifs is 2. The summed E-state index contributed by atoms with van der Waals surface area (Å²) < 4.78 is 0. The van der Waals surface area contributed by atoms with Gasteiger partial charge in [-0.25, -0.2) is 0 Å². The van der Waals surface area contributed by atoms with Crippen molar-refractivity contribution in [2.75, 3.05) is 26.2 Å². The molecule has 2 N–H and O–H groups in total. The Morgan fingerprint density at radius 2 is 1.72 bits per heavy atom. The Labute approximate surface area is 106 Å². The van der Waals surface area contributed by atoms with Crippen LogP contribution >= 0.6 is 0 Å². The third-order valence-corrected chi connectivity index (χ3v) is 4.46. The molecule has 5 nitrogen and oxygen atoms in total. The standard InChI is InChI=1S/C13H18N2O3/c16-12(15-5-3-14-4-6-15)10-8-1-2-9(7-8)11(10)13(17)18/h1-2,8-11,14H,3-7H2,(H,17,18). The highest BCUT2D eigenvalue weighted by Crippen LogP contribution is 2.48. The van der Waals surface area contributed by atoms with Crippen molar-refractivity contribution in [1.82, 2.24) is 10.2 Å². The van der Waals surface area contributed by atoms with E-state index in [1.807, 2.05) is 17.1 Å². The minimum atomic E-state index is -0.819. The lowest BCUT2D eigenvalue weighted by atomic mass is 9.82. The van der Waals surface area contributed by atoms with Gasteiger partial charge in [-0.3, -0.25) is 9.59 Å². The molecule has 2 fully saturated rings. The van der Waals surface area contributed by atoms with Gasteiger partial charge in [-0.05, 0) is 18.3 Å². The molecule has 3 aliphatic rings. The number of hydrogen-bond acceptors (Lipinski definition) is 3. The van der Waals surface area contributed by atoms with E-state index in [1.165, 1.54) is 0 Å². The second kappa shape index (κ2) is 4.39. The molecule has 1 aliphatic heterocycles. The SMILES string of the molecule is O=C(O)C1C2C=CC(C2)C1C(=O)N1CCNCC1. The number of carboxylic acid groups (broad SMARTS) is 1. The lowest BCUT2D eigenvalue weighted by Gasteiger charge is -2.33. The molecule has 4 atom stereocenters. The Hall–Kier alpha value is -1.36. The van der Waals surface area contributed by atoms with Crippen LogP contribution in [-0.4, -0.2) is 48.1 Å². The number of allylic oxidation sites excluding steroid dienone is 2. The normalized spacial score (nSPS) is 38.1. The van der Waals surface area contributed by atoms with Crippen LogP contribution in [0.1, 0.15) is 6.42 Å². The number of rotatable bonds is 2. The van der Waals surface area contributed by atoms with E-state index in [9.17, 15) is 14.7 Å². The number of piperazine rings is 1. The Bertz CT molecular complexity index is 401. The van der Waals surface area contributed by atoms with Crippen molar-refractivity contribution in [3.05, 3.63) is 12.2 Å². The molecule has 3 rings (SSSR count). The van der Waals surface area contributed by atoms with Gasteiger partial charge in [-0.1, -0.05) is 12.2 Å². The molecule has 98 valence electrons. The Morgan fingerprint density at radius 3 is 2.33 bits per heavy atom. The van der Waals surface area contributed by atoms with E-state index in [1.54, 1.807) is 0 Å². The van der Waals surface area contributed by atoms with Gasteiger partial charge in [0.25, 0.3) is 0 Å². The molecule has 0 radical (unpaired) electrons. The van der Waals surface area contributed by atoms with Crippen molar-refractivity contribution in [3.63, 3.8) is 0 Å². The van der Waals surface area contributed by atoms with Gasteiger partial charge in [0.1, 0.15) is 0 Å². The van der Waals surface area contributed by atoms with E-state index >= 15 is 0 Å². The number of aliphatic carboxylic acids is 1. The molecular formula is C13H18N2O3. The first kappa shape index (κ1) is 11.7. The van der Waals surface area contributed by atoms with E-state index in [0.29, 0.717) is 13.1 Å². The van der Waals surface area contributed by atoms with Crippen LogP contribution in [0.2, 0.25) is 0 Å².